The van der Waals surface area contributed by atoms with Crippen molar-refractivity contribution in [2.45, 2.75) is 51.2 Å². The molecule has 2 fully saturated rings. The molecule has 1 unspecified atom stereocenters. The fourth-order valence-corrected chi connectivity index (χ4v) is 2.62. The third-order valence-corrected chi connectivity index (χ3v) is 3.38. The lowest BCUT2D eigenvalue weighted by Gasteiger charge is -2.35. The maximum atomic E-state index is 5.76. The van der Waals surface area contributed by atoms with Crippen LogP contribution in [0.5, 0.6) is 0 Å². The van der Waals surface area contributed by atoms with Crippen molar-refractivity contribution in [3.05, 3.63) is 12.2 Å². The molecular formula is C13H22O2. The van der Waals surface area contributed by atoms with Gasteiger partial charge in [-0.2, -0.15) is 0 Å². The van der Waals surface area contributed by atoms with Crippen LogP contribution in [0.25, 0.3) is 0 Å². The predicted octanol–water partition coefficient (Wildman–Crippen LogP) is 3.28. The monoisotopic (exact) mass is 210 g/mol. The molecule has 0 aromatic heterocycles. The third kappa shape index (κ3) is 2.82. The van der Waals surface area contributed by atoms with E-state index < -0.39 is 0 Å². The van der Waals surface area contributed by atoms with Gasteiger partial charge in [-0.1, -0.05) is 25.5 Å². The van der Waals surface area contributed by atoms with E-state index in [9.17, 15) is 0 Å². The summed E-state index contributed by atoms with van der Waals surface area (Å²) in [5.41, 5.74) is 0. The maximum Gasteiger partial charge on any atom is 0.169 e. The van der Waals surface area contributed by atoms with Gasteiger partial charge in [0.25, 0.3) is 0 Å². The highest BCUT2D eigenvalue weighted by Gasteiger charge is 2.40. The lowest BCUT2D eigenvalue weighted by molar-refractivity contribution is -0.183. The van der Waals surface area contributed by atoms with Crippen molar-refractivity contribution in [3.8, 4) is 0 Å². The number of hydrogen-bond donors (Lipinski definition) is 0. The summed E-state index contributed by atoms with van der Waals surface area (Å²) in [6.45, 7) is 3.78. The van der Waals surface area contributed by atoms with E-state index in [1.54, 1.807) is 0 Å². The first-order valence-corrected chi connectivity index (χ1v) is 6.29. The number of hydrogen-bond acceptors (Lipinski definition) is 2. The lowest BCUT2D eigenvalue weighted by atomic mass is 9.84. The molecule has 2 nitrogen and oxygen atoms in total. The molecule has 0 radical (unpaired) electrons. The average Bonchev–Trinajstić information content (AvgIpc) is 2.67. The average molecular weight is 210 g/mol. The van der Waals surface area contributed by atoms with Crippen molar-refractivity contribution < 1.29 is 9.47 Å². The van der Waals surface area contributed by atoms with Crippen molar-refractivity contribution in [2.24, 2.45) is 5.92 Å². The van der Waals surface area contributed by atoms with Crippen molar-refractivity contribution in [3.63, 3.8) is 0 Å². The molecular weight excluding hydrogens is 188 g/mol. The largest absolute Gasteiger partial charge is 0.348 e. The molecule has 0 N–H and O–H groups in total. The van der Waals surface area contributed by atoms with Crippen molar-refractivity contribution >= 4 is 0 Å². The highest BCUT2D eigenvalue weighted by atomic mass is 16.7. The van der Waals surface area contributed by atoms with Gasteiger partial charge in [-0.3, -0.25) is 0 Å². The second-order valence-electron chi connectivity index (χ2n) is 4.68. The lowest BCUT2D eigenvalue weighted by Crippen LogP contribution is -2.35. The minimum atomic E-state index is -0.209. The summed E-state index contributed by atoms with van der Waals surface area (Å²) in [4.78, 5) is 0. The molecule has 1 spiro atoms. The van der Waals surface area contributed by atoms with Crippen LogP contribution in [0.3, 0.4) is 0 Å². The Hall–Kier alpha value is -0.340. The van der Waals surface area contributed by atoms with E-state index in [2.05, 4.69) is 19.1 Å². The van der Waals surface area contributed by atoms with Gasteiger partial charge in [0.15, 0.2) is 5.79 Å². The zero-order chi connectivity index (χ0) is 10.6. The van der Waals surface area contributed by atoms with Gasteiger partial charge in [0.05, 0.1) is 13.2 Å². The molecule has 1 aliphatic carbocycles. The van der Waals surface area contributed by atoms with Gasteiger partial charge in [0, 0.05) is 12.8 Å². The summed E-state index contributed by atoms with van der Waals surface area (Å²) in [5, 5.41) is 0. The van der Waals surface area contributed by atoms with Crippen LogP contribution >= 0.6 is 0 Å². The number of allylic oxidation sites excluding steroid dienone is 2. The van der Waals surface area contributed by atoms with Crippen LogP contribution in [0.4, 0.5) is 0 Å². The summed E-state index contributed by atoms with van der Waals surface area (Å²) in [6, 6.07) is 0. The molecule has 2 heteroatoms. The topological polar surface area (TPSA) is 18.5 Å². The quantitative estimate of drug-likeness (QED) is 0.666. The second kappa shape index (κ2) is 5.13. The van der Waals surface area contributed by atoms with Crippen molar-refractivity contribution in [1.82, 2.24) is 0 Å². The van der Waals surface area contributed by atoms with Crippen LogP contribution in [0.2, 0.25) is 0 Å². The number of rotatable bonds is 3. The Labute approximate surface area is 92.6 Å². The molecule has 1 aliphatic heterocycles. The van der Waals surface area contributed by atoms with E-state index in [1.807, 2.05) is 0 Å². The fraction of sp³-hybridized carbons (Fsp3) is 0.846. The molecule has 15 heavy (non-hydrogen) atoms. The first kappa shape index (κ1) is 11.2. The van der Waals surface area contributed by atoms with Gasteiger partial charge in [0.2, 0.25) is 0 Å². The van der Waals surface area contributed by atoms with Gasteiger partial charge in [-0.25, -0.2) is 0 Å². The van der Waals surface area contributed by atoms with Crippen LogP contribution in [-0.2, 0) is 9.47 Å². The Morgan fingerprint density at radius 1 is 1.33 bits per heavy atom. The van der Waals surface area contributed by atoms with Crippen molar-refractivity contribution in [2.75, 3.05) is 13.2 Å². The Bertz CT molecular complexity index is 217. The molecule has 1 saturated carbocycles. The van der Waals surface area contributed by atoms with Crippen LogP contribution in [-0.4, -0.2) is 19.0 Å². The smallest absolute Gasteiger partial charge is 0.169 e. The van der Waals surface area contributed by atoms with E-state index in [1.165, 1.54) is 25.7 Å². The standard InChI is InChI=1S/C13H22O2/c1-2-3-4-6-12-7-5-8-13(11-12)14-9-10-15-13/h4,6,12H,2-3,5,7-11H2,1H3/b6-4-. The molecule has 1 heterocycles. The molecule has 2 rings (SSSR count). The van der Waals surface area contributed by atoms with Crippen LogP contribution in [0.1, 0.15) is 45.4 Å². The third-order valence-electron chi connectivity index (χ3n) is 3.38. The SMILES string of the molecule is CCC/C=C\C1CCCC2(C1)OCCO2. The molecule has 2 aliphatic rings. The Kier molecular flexibility index (Phi) is 3.81. The molecule has 1 saturated heterocycles. The second-order valence-corrected chi connectivity index (χ2v) is 4.68. The first-order chi connectivity index (χ1) is 7.35. The summed E-state index contributed by atoms with van der Waals surface area (Å²) in [7, 11) is 0. The minimum absolute atomic E-state index is 0.209. The fourth-order valence-electron chi connectivity index (χ4n) is 2.62. The molecule has 86 valence electrons. The van der Waals surface area contributed by atoms with E-state index in [4.69, 9.17) is 9.47 Å². The van der Waals surface area contributed by atoms with Gasteiger partial charge in [-0.15, -0.1) is 0 Å². The van der Waals surface area contributed by atoms with E-state index in [0.29, 0.717) is 5.92 Å². The summed E-state index contributed by atoms with van der Waals surface area (Å²) < 4.78 is 11.5. The van der Waals surface area contributed by atoms with Crippen LogP contribution < -0.4 is 0 Å². The highest BCUT2D eigenvalue weighted by Crippen LogP contribution is 2.39. The molecule has 0 aromatic rings. The first-order valence-electron chi connectivity index (χ1n) is 6.29. The minimum Gasteiger partial charge on any atom is -0.348 e. The molecule has 0 amide bonds. The Balaban J connectivity index is 1.86. The summed E-state index contributed by atoms with van der Waals surface area (Å²) in [5.74, 6) is 0.461. The summed E-state index contributed by atoms with van der Waals surface area (Å²) in [6.07, 6.45) is 11.8. The zero-order valence-corrected chi connectivity index (χ0v) is 9.71. The Morgan fingerprint density at radius 2 is 2.13 bits per heavy atom. The van der Waals surface area contributed by atoms with Gasteiger partial charge >= 0.3 is 0 Å². The summed E-state index contributed by atoms with van der Waals surface area (Å²) >= 11 is 0. The van der Waals surface area contributed by atoms with Crippen LogP contribution in [0, 0.1) is 5.92 Å². The van der Waals surface area contributed by atoms with E-state index in [0.717, 1.165) is 26.1 Å². The van der Waals surface area contributed by atoms with Gasteiger partial charge < -0.3 is 9.47 Å². The molecule has 0 bridgehead atoms. The molecule has 1 atom stereocenters. The van der Waals surface area contributed by atoms with Crippen LogP contribution in [0.15, 0.2) is 12.2 Å². The van der Waals surface area contributed by atoms with E-state index >= 15 is 0 Å². The molecule has 0 aromatic carbocycles. The predicted molar refractivity (Wildman–Crippen MR) is 60.6 cm³/mol. The van der Waals surface area contributed by atoms with E-state index in [-0.39, 0.29) is 5.79 Å². The van der Waals surface area contributed by atoms with Gasteiger partial charge in [-0.05, 0) is 25.2 Å². The zero-order valence-electron chi connectivity index (χ0n) is 9.71. The van der Waals surface area contributed by atoms with Crippen molar-refractivity contribution in [1.29, 1.82) is 0 Å². The van der Waals surface area contributed by atoms with Gasteiger partial charge in [0.1, 0.15) is 0 Å². The maximum absolute atomic E-state index is 5.76. The Morgan fingerprint density at radius 3 is 2.87 bits per heavy atom. The number of ether oxygens (including phenoxy) is 2. The highest BCUT2D eigenvalue weighted by molar-refractivity contribution is 4.94. The normalized spacial score (nSPS) is 30.3. The number of unbranched alkanes of at least 4 members (excludes halogenated alkanes) is 1.